The van der Waals surface area contributed by atoms with E-state index in [9.17, 15) is 4.79 Å². The first-order chi connectivity index (χ1) is 16.0. The van der Waals surface area contributed by atoms with Crippen LogP contribution in [-0.4, -0.2) is 40.6 Å². The molecule has 1 N–H and O–H groups in total. The topological polar surface area (TPSA) is 72.3 Å². The summed E-state index contributed by atoms with van der Waals surface area (Å²) < 4.78 is 5.58. The number of hydrogen-bond acceptors (Lipinski definition) is 5. The summed E-state index contributed by atoms with van der Waals surface area (Å²) in [6, 6.07) is 19.6. The van der Waals surface area contributed by atoms with Gasteiger partial charge in [0.15, 0.2) is 6.61 Å². The molecule has 33 heavy (non-hydrogen) atoms. The van der Waals surface area contributed by atoms with Gasteiger partial charge in [-0.05, 0) is 81.8 Å². The molecule has 0 atom stereocenters. The van der Waals surface area contributed by atoms with Gasteiger partial charge in [0, 0.05) is 24.5 Å². The number of aromatic nitrogens is 3. The van der Waals surface area contributed by atoms with E-state index in [1.54, 1.807) is 4.80 Å². The zero-order valence-corrected chi connectivity index (χ0v) is 19.5. The Bertz CT molecular complexity index is 1240. The van der Waals surface area contributed by atoms with E-state index in [1.165, 1.54) is 5.69 Å². The van der Waals surface area contributed by atoms with Crippen LogP contribution in [0.1, 0.15) is 25.0 Å². The second-order valence-corrected chi connectivity index (χ2v) is 7.98. The minimum absolute atomic E-state index is 0.0634. The number of nitrogens with zero attached hydrogens (tertiary/aromatic N) is 4. The predicted molar refractivity (Wildman–Crippen MR) is 132 cm³/mol. The van der Waals surface area contributed by atoms with Crippen LogP contribution in [0, 0.1) is 13.8 Å². The van der Waals surface area contributed by atoms with Crippen molar-refractivity contribution in [3.05, 3.63) is 71.8 Å². The molecule has 4 aromatic rings. The fraction of sp³-hybridized carbons (Fsp3) is 0.269. The third-order valence-electron chi connectivity index (χ3n) is 5.60. The van der Waals surface area contributed by atoms with Crippen LogP contribution in [0.3, 0.4) is 0 Å². The van der Waals surface area contributed by atoms with Gasteiger partial charge in [0.05, 0.1) is 5.69 Å². The highest BCUT2D eigenvalue weighted by atomic mass is 16.5. The molecule has 0 spiro atoms. The number of hydrogen-bond donors (Lipinski definition) is 1. The third kappa shape index (κ3) is 5.14. The molecule has 4 rings (SSSR count). The Morgan fingerprint density at radius 3 is 2.21 bits per heavy atom. The van der Waals surface area contributed by atoms with Crippen molar-refractivity contribution in [2.24, 2.45) is 0 Å². The van der Waals surface area contributed by atoms with E-state index in [2.05, 4.69) is 46.4 Å². The van der Waals surface area contributed by atoms with E-state index < -0.39 is 0 Å². The average molecular weight is 444 g/mol. The lowest BCUT2D eigenvalue weighted by atomic mass is 10.1. The Hall–Kier alpha value is -3.87. The molecule has 0 fully saturated rings. The molecule has 3 aromatic carbocycles. The molecule has 0 aliphatic rings. The molecular formula is C26H29N5O2. The van der Waals surface area contributed by atoms with Crippen molar-refractivity contribution in [2.45, 2.75) is 27.7 Å². The SMILES string of the molecule is CCN(CC)c1ccc(-n2nc3cc(C)c(NC(=O)COc4ccc(C)cc4)cc3n2)cc1. The molecule has 7 nitrogen and oxygen atoms in total. The van der Waals surface area contributed by atoms with Crippen molar-refractivity contribution in [2.75, 3.05) is 29.9 Å². The van der Waals surface area contributed by atoms with Crippen molar-refractivity contribution in [1.82, 2.24) is 15.0 Å². The Morgan fingerprint density at radius 2 is 1.58 bits per heavy atom. The van der Waals surface area contributed by atoms with Crippen LogP contribution in [0.2, 0.25) is 0 Å². The summed E-state index contributed by atoms with van der Waals surface area (Å²) in [5.74, 6) is 0.440. The number of rotatable bonds is 8. The van der Waals surface area contributed by atoms with Gasteiger partial charge in [0.25, 0.3) is 5.91 Å². The van der Waals surface area contributed by atoms with Crippen molar-refractivity contribution < 1.29 is 9.53 Å². The van der Waals surface area contributed by atoms with E-state index in [0.29, 0.717) is 17.0 Å². The molecule has 0 saturated carbocycles. The fourth-order valence-corrected chi connectivity index (χ4v) is 3.67. The second-order valence-electron chi connectivity index (χ2n) is 7.98. The van der Waals surface area contributed by atoms with Crippen molar-refractivity contribution in [3.63, 3.8) is 0 Å². The van der Waals surface area contributed by atoms with Crippen LogP contribution in [0.15, 0.2) is 60.7 Å². The summed E-state index contributed by atoms with van der Waals surface area (Å²) in [5.41, 5.74) is 6.30. The molecule has 0 aliphatic carbocycles. The lowest BCUT2D eigenvalue weighted by Crippen LogP contribution is -2.21. The van der Waals surface area contributed by atoms with Gasteiger partial charge < -0.3 is 15.0 Å². The summed E-state index contributed by atoms with van der Waals surface area (Å²) in [4.78, 5) is 16.3. The molecule has 0 aliphatic heterocycles. The highest BCUT2D eigenvalue weighted by molar-refractivity contribution is 5.95. The van der Waals surface area contributed by atoms with Gasteiger partial charge in [-0.1, -0.05) is 17.7 Å². The van der Waals surface area contributed by atoms with Crippen LogP contribution in [-0.2, 0) is 4.79 Å². The molecule has 7 heteroatoms. The summed E-state index contributed by atoms with van der Waals surface area (Å²) in [6.45, 7) is 10.1. The molecule has 1 aromatic heterocycles. The number of carbonyl (C=O) groups is 1. The first kappa shape index (κ1) is 22.3. The molecule has 1 heterocycles. The number of carbonyl (C=O) groups excluding carboxylic acids is 1. The molecule has 0 saturated heterocycles. The summed E-state index contributed by atoms with van der Waals surface area (Å²) in [5, 5.41) is 12.2. The van der Waals surface area contributed by atoms with Crippen LogP contribution in [0.5, 0.6) is 5.75 Å². The van der Waals surface area contributed by atoms with Gasteiger partial charge in [-0.25, -0.2) is 0 Å². The highest BCUT2D eigenvalue weighted by Crippen LogP contribution is 2.23. The Kier molecular flexibility index (Phi) is 6.58. The zero-order chi connectivity index (χ0) is 23.4. The van der Waals surface area contributed by atoms with Crippen molar-refractivity contribution in [3.8, 4) is 11.4 Å². The summed E-state index contributed by atoms with van der Waals surface area (Å²) in [7, 11) is 0. The zero-order valence-electron chi connectivity index (χ0n) is 19.5. The predicted octanol–water partition coefficient (Wildman–Crippen LogP) is 4.90. The maximum absolute atomic E-state index is 12.4. The minimum atomic E-state index is -0.225. The Labute approximate surface area is 194 Å². The largest absolute Gasteiger partial charge is 0.484 e. The lowest BCUT2D eigenvalue weighted by Gasteiger charge is -2.20. The van der Waals surface area contributed by atoms with E-state index in [4.69, 9.17) is 4.74 Å². The molecule has 0 unspecified atom stereocenters. The molecule has 170 valence electrons. The minimum Gasteiger partial charge on any atom is -0.484 e. The quantitative estimate of drug-likeness (QED) is 0.419. The van der Waals surface area contributed by atoms with Crippen LogP contribution in [0.4, 0.5) is 11.4 Å². The number of aryl methyl sites for hydroxylation is 2. The van der Waals surface area contributed by atoms with Gasteiger partial charge in [0.2, 0.25) is 0 Å². The number of anilines is 2. The van der Waals surface area contributed by atoms with Gasteiger partial charge in [-0.15, -0.1) is 10.2 Å². The normalized spacial score (nSPS) is 10.9. The van der Waals surface area contributed by atoms with Gasteiger partial charge in [0.1, 0.15) is 16.8 Å². The first-order valence-electron chi connectivity index (χ1n) is 11.2. The number of amides is 1. The van der Waals surface area contributed by atoms with Crippen LogP contribution < -0.4 is 15.0 Å². The van der Waals surface area contributed by atoms with Crippen LogP contribution in [0.25, 0.3) is 16.7 Å². The number of nitrogens with one attached hydrogen (secondary N) is 1. The van der Waals surface area contributed by atoms with Gasteiger partial charge in [-0.2, -0.15) is 4.80 Å². The van der Waals surface area contributed by atoms with E-state index in [-0.39, 0.29) is 12.5 Å². The monoisotopic (exact) mass is 443 g/mol. The fourth-order valence-electron chi connectivity index (χ4n) is 3.67. The standard InChI is InChI=1S/C26H29N5O2/c1-5-30(6-2)20-9-11-21(12-10-20)31-28-24-15-19(4)23(16-25(24)29-31)27-26(32)17-33-22-13-7-18(3)8-14-22/h7-16H,5-6,17H2,1-4H3,(H,27,32). The maximum atomic E-state index is 12.4. The van der Waals surface area contributed by atoms with Gasteiger partial charge in [-0.3, -0.25) is 4.79 Å². The van der Waals surface area contributed by atoms with Gasteiger partial charge >= 0.3 is 0 Å². The second kappa shape index (κ2) is 9.73. The number of fused-ring (bicyclic) bond motifs is 1. The maximum Gasteiger partial charge on any atom is 0.262 e. The molecule has 0 bridgehead atoms. The van der Waals surface area contributed by atoms with E-state index in [0.717, 1.165) is 35.4 Å². The third-order valence-corrected chi connectivity index (χ3v) is 5.60. The Balaban J connectivity index is 1.48. The van der Waals surface area contributed by atoms with Crippen molar-refractivity contribution >= 4 is 28.3 Å². The number of ether oxygens (including phenoxy) is 1. The summed E-state index contributed by atoms with van der Waals surface area (Å²) in [6.07, 6.45) is 0. The van der Waals surface area contributed by atoms with Crippen LogP contribution >= 0.6 is 0 Å². The number of benzene rings is 3. The molecular weight excluding hydrogens is 414 g/mol. The van der Waals surface area contributed by atoms with E-state index >= 15 is 0 Å². The van der Waals surface area contributed by atoms with Crippen molar-refractivity contribution in [1.29, 1.82) is 0 Å². The van der Waals surface area contributed by atoms with E-state index in [1.807, 2.05) is 62.4 Å². The highest BCUT2D eigenvalue weighted by Gasteiger charge is 2.12. The first-order valence-corrected chi connectivity index (χ1v) is 11.2. The molecule has 1 amide bonds. The average Bonchev–Trinajstić information content (AvgIpc) is 3.23. The Morgan fingerprint density at radius 1 is 0.939 bits per heavy atom. The molecule has 0 radical (unpaired) electrons. The lowest BCUT2D eigenvalue weighted by molar-refractivity contribution is -0.118. The summed E-state index contributed by atoms with van der Waals surface area (Å²) >= 11 is 0. The smallest absolute Gasteiger partial charge is 0.262 e.